The van der Waals surface area contributed by atoms with Gasteiger partial charge in [0.1, 0.15) is 0 Å². The molecule has 0 radical (unpaired) electrons. The minimum atomic E-state index is -0.104. The van der Waals surface area contributed by atoms with Crippen molar-refractivity contribution in [1.82, 2.24) is 15.2 Å². The standard InChI is InChI=1S/C21H28N4O2S/c1-14-4-6-17(7-5-14)15(2)23-20(27)18-8-10-25(11-9-18)13-19-12-22-21(28-19)24-16(3)26/h4-7,12,15,18H,8-11,13H2,1-3H3,(H,23,27)(H,22,24,26). The van der Waals surface area contributed by atoms with Gasteiger partial charge in [0, 0.05) is 30.5 Å². The summed E-state index contributed by atoms with van der Waals surface area (Å²) in [4.78, 5) is 31.4. The lowest BCUT2D eigenvalue weighted by Gasteiger charge is -2.31. The number of hydrogen-bond donors (Lipinski definition) is 2. The molecule has 150 valence electrons. The molecule has 3 rings (SSSR count). The number of amides is 2. The normalized spacial score (nSPS) is 16.5. The number of carbonyl (C=O) groups is 2. The van der Waals surface area contributed by atoms with E-state index in [0.717, 1.165) is 42.9 Å². The van der Waals surface area contributed by atoms with Gasteiger partial charge in [-0.2, -0.15) is 0 Å². The first-order valence-corrected chi connectivity index (χ1v) is 10.5. The molecule has 2 amide bonds. The van der Waals surface area contributed by atoms with E-state index in [4.69, 9.17) is 0 Å². The van der Waals surface area contributed by atoms with Gasteiger partial charge in [-0.15, -0.1) is 11.3 Å². The summed E-state index contributed by atoms with van der Waals surface area (Å²) in [6.07, 6.45) is 3.55. The van der Waals surface area contributed by atoms with Gasteiger partial charge in [0.2, 0.25) is 11.8 Å². The topological polar surface area (TPSA) is 74.3 Å². The maximum Gasteiger partial charge on any atom is 0.223 e. The van der Waals surface area contributed by atoms with Gasteiger partial charge in [-0.1, -0.05) is 29.8 Å². The summed E-state index contributed by atoms with van der Waals surface area (Å²) < 4.78 is 0. The highest BCUT2D eigenvalue weighted by molar-refractivity contribution is 7.15. The summed E-state index contributed by atoms with van der Waals surface area (Å²) in [6.45, 7) is 8.18. The van der Waals surface area contributed by atoms with Crippen molar-refractivity contribution in [3.8, 4) is 0 Å². The Morgan fingerprint density at radius 1 is 1.25 bits per heavy atom. The molecule has 1 atom stereocenters. The Morgan fingerprint density at radius 2 is 1.93 bits per heavy atom. The van der Waals surface area contributed by atoms with Crippen molar-refractivity contribution in [3.05, 3.63) is 46.5 Å². The van der Waals surface area contributed by atoms with E-state index >= 15 is 0 Å². The molecule has 0 saturated carbocycles. The SMILES string of the molecule is CC(=O)Nc1ncc(CN2CCC(C(=O)NC(C)c3ccc(C)cc3)CC2)s1. The number of aromatic nitrogens is 1. The van der Waals surface area contributed by atoms with E-state index in [-0.39, 0.29) is 23.8 Å². The van der Waals surface area contributed by atoms with Gasteiger partial charge in [0.25, 0.3) is 0 Å². The Labute approximate surface area is 170 Å². The number of aryl methyl sites for hydroxylation is 1. The molecule has 1 aromatic carbocycles. The van der Waals surface area contributed by atoms with Crippen LogP contribution in [0.2, 0.25) is 0 Å². The van der Waals surface area contributed by atoms with Gasteiger partial charge in [-0.3, -0.25) is 14.5 Å². The lowest BCUT2D eigenvalue weighted by Crippen LogP contribution is -2.40. The van der Waals surface area contributed by atoms with Crippen LogP contribution in [0, 0.1) is 12.8 Å². The van der Waals surface area contributed by atoms with Crippen LogP contribution >= 0.6 is 11.3 Å². The molecule has 0 spiro atoms. The van der Waals surface area contributed by atoms with E-state index in [2.05, 4.69) is 51.7 Å². The predicted molar refractivity (Wildman–Crippen MR) is 112 cm³/mol. The van der Waals surface area contributed by atoms with Crippen molar-refractivity contribution >= 4 is 28.3 Å². The molecule has 2 heterocycles. The molecule has 2 N–H and O–H groups in total. The van der Waals surface area contributed by atoms with Crippen LogP contribution in [-0.4, -0.2) is 34.8 Å². The number of nitrogens with one attached hydrogen (secondary N) is 2. The predicted octanol–water partition coefficient (Wildman–Crippen LogP) is 3.50. The number of thiazole rings is 1. The van der Waals surface area contributed by atoms with Crippen molar-refractivity contribution < 1.29 is 9.59 Å². The van der Waals surface area contributed by atoms with Gasteiger partial charge < -0.3 is 10.6 Å². The van der Waals surface area contributed by atoms with E-state index in [1.165, 1.54) is 23.8 Å². The van der Waals surface area contributed by atoms with Crippen LogP contribution < -0.4 is 10.6 Å². The van der Waals surface area contributed by atoms with Gasteiger partial charge >= 0.3 is 0 Å². The first kappa shape index (κ1) is 20.5. The van der Waals surface area contributed by atoms with Crippen molar-refractivity contribution in [3.63, 3.8) is 0 Å². The van der Waals surface area contributed by atoms with E-state index < -0.39 is 0 Å². The third-order valence-corrected chi connectivity index (χ3v) is 6.01. The second-order valence-corrected chi connectivity index (χ2v) is 8.62. The third kappa shape index (κ3) is 5.62. The zero-order chi connectivity index (χ0) is 20.1. The van der Waals surface area contributed by atoms with Crippen LogP contribution in [0.25, 0.3) is 0 Å². The zero-order valence-electron chi connectivity index (χ0n) is 16.7. The van der Waals surface area contributed by atoms with Crippen LogP contribution in [0.3, 0.4) is 0 Å². The Kier molecular flexibility index (Phi) is 6.80. The molecular weight excluding hydrogens is 372 g/mol. The molecule has 1 fully saturated rings. The smallest absolute Gasteiger partial charge is 0.223 e. The van der Waals surface area contributed by atoms with Crippen LogP contribution in [0.5, 0.6) is 0 Å². The van der Waals surface area contributed by atoms with E-state index in [0.29, 0.717) is 5.13 Å². The van der Waals surface area contributed by atoms with E-state index in [1.807, 2.05) is 13.1 Å². The fourth-order valence-electron chi connectivity index (χ4n) is 3.43. The molecule has 7 heteroatoms. The summed E-state index contributed by atoms with van der Waals surface area (Å²) in [5, 5.41) is 6.52. The number of carbonyl (C=O) groups excluding carboxylic acids is 2. The largest absolute Gasteiger partial charge is 0.349 e. The highest BCUT2D eigenvalue weighted by atomic mass is 32.1. The summed E-state index contributed by atoms with van der Waals surface area (Å²) in [7, 11) is 0. The Morgan fingerprint density at radius 3 is 2.57 bits per heavy atom. The molecule has 1 aliphatic rings. The minimum Gasteiger partial charge on any atom is -0.349 e. The number of likely N-dealkylation sites (tertiary alicyclic amines) is 1. The average molecular weight is 401 g/mol. The average Bonchev–Trinajstić information content (AvgIpc) is 3.08. The molecule has 1 aromatic heterocycles. The molecule has 28 heavy (non-hydrogen) atoms. The number of piperidine rings is 1. The van der Waals surface area contributed by atoms with E-state index in [1.54, 1.807) is 0 Å². The highest BCUT2D eigenvalue weighted by Crippen LogP contribution is 2.24. The fourth-order valence-corrected chi connectivity index (χ4v) is 4.33. The molecule has 1 saturated heterocycles. The summed E-state index contributed by atoms with van der Waals surface area (Å²) in [5.41, 5.74) is 2.36. The minimum absolute atomic E-state index is 0.0236. The first-order chi connectivity index (χ1) is 13.4. The lowest BCUT2D eigenvalue weighted by atomic mass is 9.95. The number of nitrogens with zero attached hydrogens (tertiary/aromatic N) is 2. The van der Waals surface area contributed by atoms with Crippen LogP contribution in [-0.2, 0) is 16.1 Å². The molecule has 1 unspecified atom stereocenters. The zero-order valence-corrected chi connectivity index (χ0v) is 17.5. The summed E-state index contributed by atoms with van der Waals surface area (Å²) in [5.74, 6) is 0.117. The van der Waals surface area contributed by atoms with E-state index in [9.17, 15) is 9.59 Å². The third-order valence-electron chi connectivity index (χ3n) is 5.11. The van der Waals surface area contributed by atoms with Gasteiger partial charge in [-0.25, -0.2) is 4.98 Å². The van der Waals surface area contributed by atoms with Crippen molar-refractivity contribution in [1.29, 1.82) is 0 Å². The van der Waals surface area contributed by atoms with Crippen molar-refractivity contribution in [2.75, 3.05) is 18.4 Å². The summed E-state index contributed by atoms with van der Waals surface area (Å²) >= 11 is 1.50. The highest BCUT2D eigenvalue weighted by Gasteiger charge is 2.26. The number of anilines is 1. The van der Waals surface area contributed by atoms with Gasteiger partial charge in [0.15, 0.2) is 5.13 Å². The number of benzene rings is 1. The molecule has 1 aliphatic heterocycles. The maximum atomic E-state index is 12.6. The van der Waals surface area contributed by atoms with Crippen molar-refractivity contribution in [2.45, 2.75) is 46.2 Å². The second kappa shape index (κ2) is 9.30. The van der Waals surface area contributed by atoms with Crippen LogP contribution in [0.4, 0.5) is 5.13 Å². The van der Waals surface area contributed by atoms with Crippen LogP contribution in [0.1, 0.15) is 48.7 Å². The monoisotopic (exact) mass is 400 g/mol. The number of hydrogen-bond acceptors (Lipinski definition) is 5. The fraction of sp³-hybridized carbons (Fsp3) is 0.476. The lowest BCUT2D eigenvalue weighted by molar-refractivity contribution is -0.127. The molecule has 0 aliphatic carbocycles. The maximum absolute atomic E-state index is 12.6. The first-order valence-electron chi connectivity index (χ1n) is 9.72. The molecular formula is C21H28N4O2S. The van der Waals surface area contributed by atoms with Crippen molar-refractivity contribution in [2.24, 2.45) is 5.92 Å². The van der Waals surface area contributed by atoms with Gasteiger partial charge in [0.05, 0.1) is 6.04 Å². The van der Waals surface area contributed by atoms with Crippen LogP contribution in [0.15, 0.2) is 30.5 Å². The summed E-state index contributed by atoms with van der Waals surface area (Å²) in [6, 6.07) is 8.33. The Balaban J connectivity index is 1.45. The quantitative estimate of drug-likeness (QED) is 0.778. The molecule has 0 bridgehead atoms. The van der Waals surface area contributed by atoms with Gasteiger partial charge in [-0.05, 0) is 45.3 Å². The number of rotatable bonds is 6. The molecule has 2 aromatic rings. The Hall–Kier alpha value is -2.25. The molecule has 6 nitrogen and oxygen atoms in total. The Bertz CT molecular complexity index is 810. The second-order valence-electron chi connectivity index (χ2n) is 7.50.